The van der Waals surface area contributed by atoms with Gasteiger partial charge >= 0.3 is 11.7 Å². The number of nitrogens with one attached hydrogen (secondary N) is 2. The standard InChI is InChI=1S/C23H29FN4O4/c24-18-13-17-20(14-19(18)26-15-7-2-1-3-8-15)27(16-9-4-5-10-16)23(32)28(22(17)31)25-12-6-11-21(29)30/h6,11,13-16,25-26H,1-5,7-10,12H2,(H,29,30). The van der Waals surface area contributed by atoms with Crippen LogP contribution in [0.15, 0.2) is 33.9 Å². The third kappa shape index (κ3) is 4.56. The van der Waals surface area contributed by atoms with Gasteiger partial charge in [0.1, 0.15) is 5.82 Å². The SMILES string of the molecule is O=C(O)C=CCNn1c(=O)c2cc(F)c(NC3CCCCC3)cc2n(C2CCCC2)c1=O. The number of halogens is 1. The van der Waals surface area contributed by atoms with Crippen molar-refractivity contribution in [1.82, 2.24) is 9.24 Å². The molecule has 2 aliphatic rings. The van der Waals surface area contributed by atoms with Crippen LogP contribution in [0.3, 0.4) is 0 Å². The fourth-order valence-electron chi connectivity index (χ4n) is 4.89. The average Bonchev–Trinajstić information content (AvgIpc) is 3.29. The summed E-state index contributed by atoms with van der Waals surface area (Å²) in [4.78, 5) is 37.0. The van der Waals surface area contributed by atoms with Crippen LogP contribution in [0.25, 0.3) is 10.9 Å². The number of anilines is 1. The van der Waals surface area contributed by atoms with E-state index in [-0.39, 0.29) is 24.0 Å². The third-order valence-electron chi connectivity index (χ3n) is 6.46. The minimum Gasteiger partial charge on any atom is -0.478 e. The van der Waals surface area contributed by atoms with Gasteiger partial charge in [-0.1, -0.05) is 38.2 Å². The van der Waals surface area contributed by atoms with E-state index in [2.05, 4.69) is 10.7 Å². The first kappa shape index (κ1) is 22.1. The van der Waals surface area contributed by atoms with E-state index in [9.17, 15) is 18.8 Å². The zero-order valence-corrected chi connectivity index (χ0v) is 18.0. The highest BCUT2D eigenvalue weighted by molar-refractivity contribution is 5.82. The highest BCUT2D eigenvalue weighted by Crippen LogP contribution is 2.32. The maximum absolute atomic E-state index is 15.0. The van der Waals surface area contributed by atoms with Crippen LogP contribution >= 0.6 is 0 Å². The molecule has 2 fully saturated rings. The Hall–Kier alpha value is -3.10. The first-order valence-electron chi connectivity index (χ1n) is 11.4. The van der Waals surface area contributed by atoms with Crippen molar-refractivity contribution >= 4 is 22.6 Å². The van der Waals surface area contributed by atoms with E-state index in [1.165, 1.54) is 18.6 Å². The molecular formula is C23H29FN4O4. The van der Waals surface area contributed by atoms with Gasteiger partial charge in [0.15, 0.2) is 0 Å². The van der Waals surface area contributed by atoms with Crippen LogP contribution in [0.2, 0.25) is 0 Å². The molecule has 2 saturated carbocycles. The maximum Gasteiger partial charge on any atom is 0.350 e. The fraction of sp³-hybridized carbons (Fsp3) is 0.522. The summed E-state index contributed by atoms with van der Waals surface area (Å²) in [7, 11) is 0. The molecule has 1 aromatic heterocycles. The van der Waals surface area contributed by atoms with Crippen molar-refractivity contribution in [3.05, 3.63) is 50.9 Å². The van der Waals surface area contributed by atoms with Crippen molar-refractivity contribution in [1.29, 1.82) is 0 Å². The van der Waals surface area contributed by atoms with E-state index >= 15 is 0 Å². The van der Waals surface area contributed by atoms with Crippen molar-refractivity contribution in [2.24, 2.45) is 0 Å². The molecule has 0 unspecified atom stereocenters. The minimum atomic E-state index is -1.12. The van der Waals surface area contributed by atoms with Crippen molar-refractivity contribution in [3.8, 4) is 0 Å². The second kappa shape index (κ2) is 9.58. The Bertz CT molecular complexity index is 1140. The normalized spacial score (nSPS) is 17.9. The van der Waals surface area contributed by atoms with Crippen molar-refractivity contribution in [2.45, 2.75) is 69.9 Å². The number of benzene rings is 1. The van der Waals surface area contributed by atoms with E-state index in [1.54, 1.807) is 10.6 Å². The van der Waals surface area contributed by atoms with E-state index in [0.29, 0.717) is 11.2 Å². The quantitative estimate of drug-likeness (QED) is 0.566. The molecule has 3 N–H and O–H groups in total. The number of rotatable bonds is 7. The molecule has 9 heteroatoms. The van der Waals surface area contributed by atoms with Crippen LogP contribution in [0.1, 0.15) is 63.8 Å². The molecule has 0 radical (unpaired) electrons. The van der Waals surface area contributed by atoms with Crippen molar-refractivity contribution in [2.75, 3.05) is 17.3 Å². The van der Waals surface area contributed by atoms with Gasteiger partial charge in [0.2, 0.25) is 0 Å². The Kier molecular flexibility index (Phi) is 6.62. The lowest BCUT2D eigenvalue weighted by Crippen LogP contribution is -2.46. The molecule has 1 heterocycles. The average molecular weight is 445 g/mol. The highest BCUT2D eigenvalue weighted by Gasteiger charge is 2.25. The van der Waals surface area contributed by atoms with Gasteiger partial charge in [0.05, 0.1) is 23.1 Å². The summed E-state index contributed by atoms with van der Waals surface area (Å²) in [6.45, 7) is -0.0264. The zero-order chi connectivity index (χ0) is 22.7. The number of hydrogen-bond acceptors (Lipinski definition) is 5. The van der Waals surface area contributed by atoms with Gasteiger partial charge in [-0.15, -0.1) is 0 Å². The number of fused-ring (bicyclic) bond motifs is 1. The number of carboxylic acid groups (broad SMARTS) is 1. The summed E-state index contributed by atoms with van der Waals surface area (Å²) < 4.78 is 17.5. The number of aromatic nitrogens is 2. The Morgan fingerprint density at radius 1 is 1.09 bits per heavy atom. The second-order valence-corrected chi connectivity index (χ2v) is 8.66. The summed E-state index contributed by atoms with van der Waals surface area (Å²) in [5.74, 6) is -1.64. The molecule has 0 saturated heterocycles. The summed E-state index contributed by atoms with van der Waals surface area (Å²) in [5, 5.41) is 12.1. The molecule has 0 bridgehead atoms. The van der Waals surface area contributed by atoms with Gasteiger partial charge in [0.25, 0.3) is 5.56 Å². The predicted molar refractivity (Wildman–Crippen MR) is 121 cm³/mol. The molecule has 2 aromatic rings. The number of aliphatic carboxylic acids is 1. The van der Waals surface area contributed by atoms with E-state index in [4.69, 9.17) is 5.11 Å². The zero-order valence-electron chi connectivity index (χ0n) is 18.0. The monoisotopic (exact) mass is 444 g/mol. The molecule has 32 heavy (non-hydrogen) atoms. The summed E-state index contributed by atoms with van der Waals surface area (Å²) in [6, 6.07) is 2.93. The lowest BCUT2D eigenvalue weighted by atomic mass is 9.95. The van der Waals surface area contributed by atoms with Gasteiger partial charge in [-0.3, -0.25) is 9.36 Å². The fourth-order valence-corrected chi connectivity index (χ4v) is 4.89. The first-order valence-corrected chi connectivity index (χ1v) is 11.4. The number of carbonyl (C=O) groups is 1. The Balaban J connectivity index is 1.79. The summed E-state index contributed by atoms with van der Waals surface area (Å²) in [5.41, 5.74) is 2.27. The van der Waals surface area contributed by atoms with E-state index in [1.807, 2.05) is 0 Å². The highest BCUT2D eigenvalue weighted by atomic mass is 19.1. The molecule has 0 aliphatic heterocycles. The first-order chi connectivity index (χ1) is 15.5. The smallest absolute Gasteiger partial charge is 0.350 e. The van der Waals surface area contributed by atoms with E-state index < -0.39 is 23.0 Å². The molecule has 0 amide bonds. The Morgan fingerprint density at radius 3 is 2.47 bits per heavy atom. The van der Waals surface area contributed by atoms with Crippen LogP contribution in [-0.2, 0) is 4.79 Å². The Labute approximate surface area is 184 Å². The number of nitrogens with zero attached hydrogens (tertiary/aromatic N) is 2. The number of hydrogen-bond donors (Lipinski definition) is 3. The molecule has 0 spiro atoms. The largest absolute Gasteiger partial charge is 0.478 e. The molecule has 172 valence electrons. The predicted octanol–water partition coefficient (Wildman–Crippen LogP) is 3.35. The van der Waals surface area contributed by atoms with Gasteiger partial charge in [-0.05, 0) is 37.8 Å². The lowest BCUT2D eigenvalue weighted by Gasteiger charge is -2.25. The van der Waals surface area contributed by atoms with Gasteiger partial charge < -0.3 is 15.8 Å². The van der Waals surface area contributed by atoms with E-state index in [0.717, 1.165) is 62.1 Å². The summed E-state index contributed by atoms with van der Waals surface area (Å²) >= 11 is 0. The van der Waals surface area contributed by atoms with Crippen molar-refractivity contribution in [3.63, 3.8) is 0 Å². The molecule has 2 aliphatic carbocycles. The van der Waals surface area contributed by atoms with Crippen LogP contribution in [0, 0.1) is 5.82 Å². The molecule has 1 aromatic carbocycles. The second-order valence-electron chi connectivity index (χ2n) is 8.66. The van der Waals surface area contributed by atoms with Crippen LogP contribution in [0.4, 0.5) is 10.1 Å². The summed E-state index contributed by atoms with van der Waals surface area (Å²) in [6.07, 6.45) is 11.2. The van der Waals surface area contributed by atoms with Crippen LogP contribution in [-0.4, -0.2) is 32.9 Å². The van der Waals surface area contributed by atoms with Crippen LogP contribution in [0.5, 0.6) is 0 Å². The van der Waals surface area contributed by atoms with Gasteiger partial charge in [0, 0.05) is 18.2 Å². The maximum atomic E-state index is 15.0. The number of carboxylic acids is 1. The minimum absolute atomic E-state index is 0.0264. The van der Waals surface area contributed by atoms with Gasteiger partial charge in [-0.2, -0.15) is 4.68 Å². The Morgan fingerprint density at radius 2 is 1.78 bits per heavy atom. The third-order valence-corrected chi connectivity index (χ3v) is 6.46. The van der Waals surface area contributed by atoms with Gasteiger partial charge in [-0.25, -0.2) is 14.0 Å². The lowest BCUT2D eigenvalue weighted by molar-refractivity contribution is -0.131. The van der Waals surface area contributed by atoms with Crippen LogP contribution < -0.4 is 22.0 Å². The van der Waals surface area contributed by atoms with Crippen molar-refractivity contribution < 1.29 is 14.3 Å². The molecule has 8 nitrogen and oxygen atoms in total. The molecule has 4 rings (SSSR count). The topological polar surface area (TPSA) is 105 Å². The molecular weight excluding hydrogens is 415 g/mol. The molecule has 0 atom stereocenters.